The molecular formula is C15H25N3O5. The zero-order chi connectivity index (χ0) is 17.6. The number of carbonyl (C=O) groups excluding carboxylic acids is 3. The lowest BCUT2D eigenvalue weighted by Crippen LogP contribution is -2.77. The van der Waals surface area contributed by atoms with Crippen molar-refractivity contribution >= 4 is 17.9 Å². The van der Waals surface area contributed by atoms with Crippen molar-refractivity contribution in [3.8, 4) is 0 Å². The summed E-state index contributed by atoms with van der Waals surface area (Å²) in [6, 6.07) is -1.07. The Morgan fingerprint density at radius 3 is 2.43 bits per heavy atom. The number of nitrogens with two attached hydrogens (primary N) is 1. The predicted molar refractivity (Wildman–Crippen MR) is 81.3 cm³/mol. The van der Waals surface area contributed by atoms with Gasteiger partial charge in [-0.3, -0.25) is 14.5 Å². The Labute approximate surface area is 135 Å². The van der Waals surface area contributed by atoms with E-state index in [4.69, 9.17) is 10.5 Å². The lowest BCUT2D eigenvalue weighted by molar-refractivity contribution is -0.171. The number of hydrogen-bond donors (Lipinski definition) is 2. The zero-order valence-corrected chi connectivity index (χ0v) is 14.0. The molecule has 2 aliphatic heterocycles. The van der Waals surface area contributed by atoms with E-state index >= 15 is 0 Å². The van der Waals surface area contributed by atoms with E-state index in [9.17, 15) is 19.5 Å². The largest absolute Gasteiger partial charge is 0.444 e. The normalized spacial score (nSPS) is 26.9. The minimum absolute atomic E-state index is 0.184. The molecule has 0 aliphatic carbocycles. The summed E-state index contributed by atoms with van der Waals surface area (Å²) in [6.07, 6.45) is -0.387. The zero-order valence-electron chi connectivity index (χ0n) is 14.0. The summed E-state index contributed by atoms with van der Waals surface area (Å²) in [4.78, 5) is 39.2. The van der Waals surface area contributed by atoms with Crippen LogP contribution >= 0.6 is 0 Å². The van der Waals surface area contributed by atoms with Crippen molar-refractivity contribution in [1.82, 2.24) is 9.80 Å². The number of primary amides is 1. The molecule has 8 nitrogen and oxygen atoms in total. The number of carbonyl (C=O) groups is 3. The van der Waals surface area contributed by atoms with Crippen molar-refractivity contribution in [3.05, 3.63) is 0 Å². The first-order chi connectivity index (χ1) is 10.5. The highest BCUT2D eigenvalue weighted by molar-refractivity contribution is 5.99. The molecular weight excluding hydrogens is 302 g/mol. The highest BCUT2D eigenvalue weighted by atomic mass is 16.6. The van der Waals surface area contributed by atoms with Gasteiger partial charge in [0, 0.05) is 6.54 Å². The third-order valence-corrected chi connectivity index (χ3v) is 4.28. The molecule has 3 N–H and O–H groups in total. The van der Waals surface area contributed by atoms with E-state index in [0.717, 1.165) is 0 Å². The highest BCUT2D eigenvalue weighted by Crippen LogP contribution is 2.41. The van der Waals surface area contributed by atoms with Crippen LogP contribution in [-0.2, 0) is 14.3 Å². The van der Waals surface area contributed by atoms with Gasteiger partial charge in [0.05, 0.1) is 12.6 Å². The van der Waals surface area contributed by atoms with Crippen LogP contribution in [0.2, 0.25) is 0 Å². The molecule has 8 heteroatoms. The average Bonchev–Trinajstić information content (AvgIpc) is 2.81. The van der Waals surface area contributed by atoms with Crippen molar-refractivity contribution < 1.29 is 24.2 Å². The second-order valence-electron chi connectivity index (χ2n) is 7.29. The second-order valence-corrected chi connectivity index (χ2v) is 7.29. The van der Waals surface area contributed by atoms with Crippen molar-refractivity contribution in [1.29, 1.82) is 0 Å². The molecule has 2 unspecified atom stereocenters. The van der Waals surface area contributed by atoms with E-state index in [-0.39, 0.29) is 12.5 Å². The van der Waals surface area contributed by atoms with E-state index in [0.29, 0.717) is 19.4 Å². The number of β-lactam (4-membered cyclic amide) rings is 1. The topological polar surface area (TPSA) is 113 Å². The van der Waals surface area contributed by atoms with Crippen LogP contribution in [0.5, 0.6) is 0 Å². The van der Waals surface area contributed by atoms with Crippen molar-refractivity contribution in [2.24, 2.45) is 5.73 Å². The summed E-state index contributed by atoms with van der Waals surface area (Å²) < 4.78 is 5.37. The SMILES string of the molecule is CC(O)C(C(N)=O)N1C[C@@]2(CCCN2C(=O)OC(C)(C)C)C1=O. The fourth-order valence-corrected chi connectivity index (χ4v) is 3.32. The van der Waals surface area contributed by atoms with E-state index in [1.165, 1.54) is 16.7 Å². The molecule has 2 aliphatic rings. The lowest BCUT2D eigenvalue weighted by atomic mass is 9.83. The van der Waals surface area contributed by atoms with Gasteiger partial charge in [0.1, 0.15) is 17.2 Å². The molecule has 2 fully saturated rings. The Morgan fingerprint density at radius 2 is 2.00 bits per heavy atom. The van der Waals surface area contributed by atoms with Gasteiger partial charge in [-0.15, -0.1) is 0 Å². The molecule has 1 spiro atoms. The number of amides is 3. The number of likely N-dealkylation sites (tertiary alicyclic amines) is 2. The van der Waals surface area contributed by atoms with E-state index < -0.39 is 35.3 Å². The van der Waals surface area contributed by atoms with Crippen LogP contribution in [0, 0.1) is 0 Å². The molecule has 0 saturated carbocycles. The maximum atomic E-state index is 12.7. The minimum Gasteiger partial charge on any atom is -0.444 e. The Balaban J connectivity index is 2.16. The number of hydrogen-bond acceptors (Lipinski definition) is 5. The van der Waals surface area contributed by atoms with Crippen molar-refractivity contribution in [2.45, 2.75) is 63.8 Å². The molecule has 23 heavy (non-hydrogen) atoms. The van der Waals surface area contributed by atoms with Crippen LogP contribution in [0.4, 0.5) is 4.79 Å². The van der Waals surface area contributed by atoms with Gasteiger partial charge < -0.3 is 20.5 Å². The van der Waals surface area contributed by atoms with Crippen LogP contribution in [0.15, 0.2) is 0 Å². The third kappa shape index (κ3) is 2.99. The van der Waals surface area contributed by atoms with Crippen LogP contribution in [0.1, 0.15) is 40.5 Å². The van der Waals surface area contributed by atoms with Gasteiger partial charge in [-0.25, -0.2) is 4.79 Å². The summed E-state index contributed by atoms with van der Waals surface area (Å²) in [6.45, 7) is 7.32. The van der Waals surface area contributed by atoms with Crippen molar-refractivity contribution in [2.75, 3.05) is 13.1 Å². The Bertz CT molecular complexity index is 528. The van der Waals surface area contributed by atoms with Gasteiger partial charge in [0.25, 0.3) is 5.91 Å². The fourth-order valence-electron chi connectivity index (χ4n) is 3.32. The molecule has 2 saturated heterocycles. The molecule has 0 aromatic heterocycles. The maximum Gasteiger partial charge on any atom is 0.411 e. The van der Waals surface area contributed by atoms with Gasteiger partial charge >= 0.3 is 6.09 Å². The van der Waals surface area contributed by atoms with Crippen LogP contribution in [0.25, 0.3) is 0 Å². The highest BCUT2D eigenvalue weighted by Gasteiger charge is 2.62. The quantitative estimate of drug-likeness (QED) is 0.699. The summed E-state index contributed by atoms with van der Waals surface area (Å²) >= 11 is 0. The molecule has 2 heterocycles. The molecule has 0 bridgehead atoms. The first kappa shape index (κ1) is 17.5. The fraction of sp³-hybridized carbons (Fsp3) is 0.800. The van der Waals surface area contributed by atoms with Gasteiger partial charge in [0.15, 0.2) is 0 Å². The van der Waals surface area contributed by atoms with Crippen molar-refractivity contribution in [3.63, 3.8) is 0 Å². The summed E-state index contributed by atoms with van der Waals surface area (Å²) in [7, 11) is 0. The Morgan fingerprint density at radius 1 is 1.39 bits per heavy atom. The minimum atomic E-state index is -1.07. The van der Waals surface area contributed by atoms with E-state index in [1.807, 2.05) is 0 Å². The molecule has 0 aromatic rings. The van der Waals surface area contributed by atoms with E-state index in [2.05, 4.69) is 0 Å². The molecule has 3 atom stereocenters. The molecule has 130 valence electrons. The monoisotopic (exact) mass is 327 g/mol. The van der Waals surface area contributed by atoms with E-state index in [1.54, 1.807) is 20.8 Å². The lowest BCUT2D eigenvalue weighted by Gasteiger charge is -2.53. The third-order valence-electron chi connectivity index (χ3n) is 4.28. The number of aliphatic hydroxyl groups is 1. The number of ether oxygens (including phenoxy) is 1. The number of aliphatic hydroxyl groups excluding tert-OH is 1. The number of nitrogens with zero attached hydrogens (tertiary/aromatic N) is 2. The number of rotatable bonds is 3. The standard InChI is InChI=1S/C15H25N3O5/c1-9(19)10(11(16)20)17-8-15(12(17)21)6-5-7-18(15)13(22)23-14(2,3)4/h9-10,19H,5-8H2,1-4H3,(H2,16,20)/t9?,10?,15-/m0/s1. The Kier molecular flexibility index (Phi) is 4.32. The summed E-state index contributed by atoms with van der Waals surface area (Å²) in [5.41, 5.74) is 3.66. The smallest absolute Gasteiger partial charge is 0.411 e. The average molecular weight is 327 g/mol. The molecule has 0 aromatic carbocycles. The molecule has 0 radical (unpaired) electrons. The molecule has 3 amide bonds. The second kappa shape index (κ2) is 5.67. The Hall–Kier alpha value is -1.83. The predicted octanol–water partition coefficient (Wildman–Crippen LogP) is -0.167. The first-order valence-corrected chi connectivity index (χ1v) is 7.79. The van der Waals surface area contributed by atoms with Crippen LogP contribution in [0.3, 0.4) is 0 Å². The maximum absolute atomic E-state index is 12.7. The first-order valence-electron chi connectivity index (χ1n) is 7.79. The van der Waals surface area contributed by atoms with Gasteiger partial charge in [-0.1, -0.05) is 0 Å². The van der Waals surface area contributed by atoms with Gasteiger partial charge in [-0.2, -0.15) is 0 Å². The van der Waals surface area contributed by atoms with Gasteiger partial charge in [-0.05, 0) is 40.5 Å². The van der Waals surface area contributed by atoms with Crippen LogP contribution in [-0.4, -0.2) is 69.2 Å². The van der Waals surface area contributed by atoms with Crippen LogP contribution < -0.4 is 5.73 Å². The summed E-state index contributed by atoms with van der Waals surface area (Å²) in [5.74, 6) is -1.12. The molecule has 2 rings (SSSR count). The van der Waals surface area contributed by atoms with Gasteiger partial charge in [0.2, 0.25) is 5.91 Å². The summed E-state index contributed by atoms with van der Waals surface area (Å²) in [5, 5.41) is 9.69.